The van der Waals surface area contributed by atoms with Crippen LogP contribution in [0.25, 0.3) is 32.9 Å². The molecule has 1 aromatic heterocycles. The van der Waals surface area contributed by atoms with Crippen LogP contribution in [0.5, 0.6) is 11.5 Å². The van der Waals surface area contributed by atoms with Crippen LogP contribution in [0.2, 0.25) is 0 Å². The number of aromatic nitrogens is 1. The zero-order chi connectivity index (χ0) is 27.1. The van der Waals surface area contributed by atoms with Gasteiger partial charge in [-0.3, -0.25) is 0 Å². The second-order valence-corrected chi connectivity index (χ2v) is 11.4. The summed E-state index contributed by atoms with van der Waals surface area (Å²) in [7, 11) is 0. The lowest BCUT2D eigenvalue weighted by Gasteiger charge is -2.32. The molecule has 0 bridgehead atoms. The van der Waals surface area contributed by atoms with E-state index in [0.717, 1.165) is 52.1 Å². The van der Waals surface area contributed by atoms with Crippen molar-refractivity contribution in [1.29, 1.82) is 5.26 Å². The van der Waals surface area contributed by atoms with Crippen molar-refractivity contribution in [3.05, 3.63) is 132 Å². The zero-order valence-corrected chi connectivity index (χ0v) is 22.3. The lowest BCUT2D eigenvalue weighted by atomic mass is 9.84. The van der Waals surface area contributed by atoms with Crippen molar-refractivity contribution in [1.82, 2.24) is 4.57 Å². The van der Waals surface area contributed by atoms with Crippen LogP contribution in [-0.4, -0.2) is 10.7 Å². The Morgan fingerprint density at radius 2 is 1.61 bits per heavy atom. The third-order valence-corrected chi connectivity index (χ3v) is 9.33. The van der Waals surface area contributed by atoms with Crippen LogP contribution in [0.3, 0.4) is 0 Å². The highest BCUT2D eigenvalue weighted by Crippen LogP contribution is 2.55. The summed E-state index contributed by atoms with van der Waals surface area (Å²) >= 11 is 0. The number of benzene rings is 4. The molecule has 0 amide bonds. The first-order valence-corrected chi connectivity index (χ1v) is 14.4. The van der Waals surface area contributed by atoms with Crippen molar-refractivity contribution in [2.24, 2.45) is 0 Å². The van der Waals surface area contributed by atoms with E-state index >= 15 is 0 Å². The van der Waals surface area contributed by atoms with Gasteiger partial charge in [-0.25, -0.2) is 0 Å². The van der Waals surface area contributed by atoms with E-state index in [1.54, 1.807) is 0 Å². The third kappa shape index (κ3) is 3.15. The van der Waals surface area contributed by atoms with Crippen LogP contribution < -0.4 is 9.47 Å². The Bertz CT molecular complexity index is 2050. The van der Waals surface area contributed by atoms with Gasteiger partial charge in [0.2, 0.25) is 0 Å². The normalized spacial score (nSPS) is 23.2. The fourth-order valence-corrected chi connectivity index (χ4v) is 7.53. The Morgan fingerprint density at radius 1 is 0.780 bits per heavy atom. The highest BCUT2D eigenvalue weighted by Gasteiger charge is 2.43. The second kappa shape index (κ2) is 8.49. The van der Waals surface area contributed by atoms with Gasteiger partial charge in [0.15, 0.2) is 0 Å². The number of ether oxygens (including phenoxy) is 2. The van der Waals surface area contributed by atoms with E-state index in [1.807, 2.05) is 12.1 Å². The predicted molar refractivity (Wildman–Crippen MR) is 161 cm³/mol. The van der Waals surface area contributed by atoms with E-state index in [2.05, 4.69) is 108 Å². The van der Waals surface area contributed by atoms with E-state index in [-0.39, 0.29) is 18.1 Å². The van der Waals surface area contributed by atoms with Gasteiger partial charge in [0.25, 0.3) is 0 Å². The molecule has 196 valence electrons. The van der Waals surface area contributed by atoms with Crippen LogP contribution in [0, 0.1) is 11.3 Å². The van der Waals surface area contributed by atoms with Crippen molar-refractivity contribution in [3.8, 4) is 28.7 Å². The maximum absolute atomic E-state index is 9.59. The molecule has 2 aliphatic carbocycles. The fraction of sp³-hybridized carbons (Fsp3) is 0.162. The topological polar surface area (TPSA) is 47.2 Å². The highest BCUT2D eigenvalue weighted by molar-refractivity contribution is 6.08. The molecule has 0 fully saturated rings. The maximum atomic E-state index is 9.59. The van der Waals surface area contributed by atoms with E-state index in [1.165, 1.54) is 22.0 Å². The smallest absolute Gasteiger partial charge is 0.138 e. The standard InChI is InChI=1S/C37H26N2O2/c38-21-22-18-19-32-30(20-22)23-8-1-3-15-31(23)39(32)33-16-7-14-29-28-13-6-12-27(36(28)41-37(29)33)26-11-5-10-25-24-9-2-4-17-34(24)40-35(25)26/h1-8,10-15,17-20,24,29,33,37H,9,16H2. The average molecular weight is 531 g/mol. The van der Waals surface area contributed by atoms with Crippen molar-refractivity contribution in [2.75, 3.05) is 0 Å². The minimum Gasteiger partial charge on any atom is -0.486 e. The number of fused-ring (bicyclic) bond motifs is 9. The second-order valence-electron chi connectivity index (χ2n) is 11.4. The first kappa shape index (κ1) is 22.8. The van der Waals surface area contributed by atoms with E-state index in [9.17, 15) is 5.26 Å². The molecule has 3 heterocycles. The quantitative estimate of drug-likeness (QED) is 0.215. The van der Waals surface area contributed by atoms with Gasteiger partial charge in [-0.1, -0.05) is 78.9 Å². The minimum atomic E-state index is -0.0435. The van der Waals surface area contributed by atoms with E-state index < -0.39 is 0 Å². The summed E-state index contributed by atoms with van der Waals surface area (Å²) in [5, 5.41) is 11.9. The summed E-state index contributed by atoms with van der Waals surface area (Å²) in [5.74, 6) is 3.41. The number of para-hydroxylation sites is 3. The average Bonchev–Trinajstić information content (AvgIpc) is 3.70. The highest BCUT2D eigenvalue weighted by atomic mass is 16.5. The number of nitriles is 1. The molecule has 9 rings (SSSR count). The van der Waals surface area contributed by atoms with Crippen molar-refractivity contribution in [3.63, 3.8) is 0 Å². The maximum Gasteiger partial charge on any atom is 0.138 e. The lowest BCUT2D eigenvalue weighted by molar-refractivity contribution is 0.150. The van der Waals surface area contributed by atoms with E-state index in [4.69, 9.17) is 9.47 Å². The van der Waals surface area contributed by atoms with Gasteiger partial charge in [0, 0.05) is 55.9 Å². The molecule has 0 saturated heterocycles. The molecule has 41 heavy (non-hydrogen) atoms. The molecule has 4 aromatic carbocycles. The molecule has 4 aliphatic rings. The van der Waals surface area contributed by atoms with Gasteiger partial charge in [0.1, 0.15) is 23.4 Å². The van der Waals surface area contributed by atoms with Crippen molar-refractivity contribution in [2.45, 2.75) is 36.8 Å². The molecule has 4 nitrogen and oxygen atoms in total. The number of allylic oxidation sites excluding steroid dienone is 5. The Kier molecular flexibility index (Phi) is 4.72. The monoisotopic (exact) mass is 530 g/mol. The van der Waals surface area contributed by atoms with Gasteiger partial charge in [-0.2, -0.15) is 5.26 Å². The van der Waals surface area contributed by atoms with Crippen LogP contribution in [0.15, 0.2) is 115 Å². The molecule has 4 heteroatoms. The minimum absolute atomic E-state index is 0.0435. The summed E-state index contributed by atoms with van der Waals surface area (Å²) in [6.07, 6.45) is 12.9. The summed E-state index contributed by atoms with van der Waals surface area (Å²) in [4.78, 5) is 0. The zero-order valence-electron chi connectivity index (χ0n) is 22.3. The molecule has 0 N–H and O–H groups in total. The Labute approximate surface area is 238 Å². The summed E-state index contributed by atoms with van der Waals surface area (Å²) in [5.41, 5.74) is 7.67. The van der Waals surface area contributed by atoms with Gasteiger partial charge < -0.3 is 14.0 Å². The van der Waals surface area contributed by atoms with Crippen LogP contribution >= 0.6 is 0 Å². The molecule has 0 spiro atoms. The SMILES string of the molecule is N#Cc1ccc2c(c1)c1ccccc1n2C1CC=CC2c3cccc(-c4cccc5c4OC4=CC=CCC45)c3OC21. The molecule has 4 atom stereocenters. The van der Waals surface area contributed by atoms with Gasteiger partial charge in [-0.15, -0.1) is 0 Å². The van der Waals surface area contributed by atoms with Gasteiger partial charge in [0.05, 0.1) is 17.7 Å². The first-order valence-electron chi connectivity index (χ1n) is 14.4. The fourth-order valence-electron chi connectivity index (χ4n) is 7.53. The Balaban J connectivity index is 1.18. The molecule has 0 saturated carbocycles. The predicted octanol–water partition coefficient (Wildman–Crippen LogP) is 8.70. The summed E-state index contributed by atoms with van der Waals surface area (Å²) < 4.78 is 16.0. The van der Waals surface area contributed by atoms with Crippen LogP contribution in [-0.2, 0) is 0 Å². The van der Waals surface area contributed by atoms with Crippen molar-refractivity contribution >= 4 is 21.8 Å². The molecular formula is C37H26N2O2. The van der Waals surface area contributed by atoms with Crippen LogP contribution in [0.4, 0.5) is 0 Å². The Hall–Kier alpha value is -5.01. The number of hydrogen-bond acceptors (Lipinski definition) is 3. The summed E-state index contributed by atoms with van der Waals surface area (Å²) in [6, 6.07) is 30.1. The van der Waals surface area contributed by atoms with Crippen molar-refractivity contribution < 1.29 is 9.47 Å². The molecule has 5 aromatic rings. The summed E-state index contributed by atoms with van der Waals surface area (Å²) in [6.45, 7) is 0. The number of rotatable bonds is 2. The molecule has 0 radical (unpaired) electrons. The van der Waals surface area contributed by atoms with Crippen LogP contribution in [0.1, 0.15) is 47.4 Å². The number of nitrogens with zero attached hydrogens (tertiary/aromatic N) is 2. The number of hydrogen-bond donors (Lipinski definition) is 0. The van der Waals surface area contributed by atoms with Gasteiger partial charge >= 0.3 is 0 Å². The molecular weight excluding hydrogens is 504 g/mol. The third-order valence-electron chi connectivity index (χ3n) is 9.33. The first-order chi connectivity index (χ1) is 20.3. The van der Waals surface area contributed by atoms with Gasteiger partial charge in [-0.05, 0) is 43.2 Å². The molecule has 4 unspecified atom stereocenters. The largest absolute Gasteiger partial charge is 0.486 e. The molecule has 2 aliphatic heterocycles. The Morgan fingerprint density at radius 3 is 2.51 bits per heavy atom. The van der Waals surface area contributed by atoms with E-state index in [0.29, 0.717) is 11.5 Å². The lowest BCUT2D eigenvalue weighted by Crippen LogP contribution is -2.32.